The number of hydrogen-bond donors (Lipinski definition) is 1. The maximum atomic E-state index is 12.5. The Morgan fingerprint density at radius 3 is 2.65 bits per heavy atom. The van der Waals surface area contributed by atoms with Gasteiger partial charge in [-0.3, -0.25) is 14.2 Å². The number of hydrogen-bond acceptors (Lipinski definition) is 3. The predicted molar refractivity (Wildman–Crippen MR) is 103 cm³/mol. The summed E-state index contributed by atoms with van der Waals surface area (Å²) in [6.07, 6.45) is 1.64. The van der Waals surface area contributed by atoms with Gasteiger partial charge in [0.15, 0.2) is 5.82 Å². The summed E-state index contributed by atoms with van der Waals surface area (Å²) in [6, 6.07) is 8.94. The summed E-state index contributed by atoms with van der Waals surface area (Å²) in [5.41, 5.74) is 2.66. The van der Waals surface area contributed by atoms with Gasteiger partial charge < -0.3 is 5.32 Å². The molecule has 1 N–H and O–H groups in total. The van der Waals surface area contributed by atoms with E-state index in [2.05, 4.69) is 15.5 Å². The average Bonchev–Trinajstić information content (AvgIpc) is 3.09. The first-order valence-electron chi connectivity index (χ1n) is 8.14. The highest BCUT2D eigenvalue weighted by atomic mass is 35.5. The second-order valence-electron chi connectivity index (χ2n) is 6.17. The Hall–Kier alpha value is -2.31. The fourth-order valence-corrected chi connectivity index (χ4v) is 2.90. The number of aryl methyl sites for hydroxylation is 2. The molecule has 0 aliphatic rings. The van der Waals surface area contributed by atoms with E-state index < -0.39 is 6.04 Å². The fourth-order valence-electron chi connectivity index (χ4n) is 2.55. The van der Waals surface area contributed by atoms with Crippen LogP contribution in [0.25, 0.3) is 0 Å². The highest BCUT2D eigenvalue weighted by molar-refractivity contribution is 6.31. The lowest BCUT2D eigenvalue weighted by Crippen LogP contribution is -2.24. The molecule has 3 aromatic rings. The Kier molecular flexibility index (Phi) is 5.34. The quantitative estimate of drug-likeness (QED) is 0.706. The molecule has 1 unspecified atom stereocenters. The molecule has 1 atom stereocenters. The van der Waals surface area contributed by atoms with Crippen LogP contribution in [0.4, 0.5) is 5.82 Å². The van der Waals surface area contributed by atoms with E-state index in [1.54, 1.807) is 24.7 Å². The SMILES string of the molecule is Cc1nn(C(C)C(=O)Nc2cc(C)n(Cc3cccc(Cl)c3)n2)cc1Cl. The minimum atomic E-state index is -0.500. The number of nitrogens with zero attached hydrogens (tertiary/aromatic N) is 4. The summed E-state index contributed by atoms with van der Waals surface area (Å²) in [5.74, 6) is 0.285. The van der Waals surface area contributed by atoms with Crippen LogP contribution in [0.1, 0.15) is 29.9 Å². The number of rotatable bonds is 5. The predicted octanol–water partition coefficient (Wildman–Crippen LogP) is 4.25. The van der Waals surface area contributed by atoms with E-state index in [0.717, 1.165) is 11.3 Å². The summed E-state index contributed by atoms with van der Waals surface area (Å²) in [5, 5.41) is 12.7. The molecule has 0 fully saturated rings. The molecule has 1 aromatic carbocycles. The van der Waals surface area contributed by atoms with Crippen molar-refractivity contribution in [3.05, 3.63) is 63.5 Å². The summed E-state index contributed by atoms with van der Waals surface area (Å²) in [7, 11) is 0. The van der Waals surface area contributed by atoms with Crippen molar-refractivity contribution in [1.82, 2.24) is 19.6 Å². The molecule has 0 spiro atoms. The van der Waals surface area contributed by atoms with Gasteiger partial charge in [-0.1, -0.05) is 35.3 Å². The zero-order valence-corrected chi connectivity index (χ0v) is 16.2. The lowest BCUT2D eigenvalue weighted by Gasteiger charge is -2.11. The van der Waals surface area contributed by atoms with Gasteiger partial charge >= 0.3 is 0 Å². The number of nitrogens with one attached hydrogen (secondary N) is 1. The van der Waals surface area contributed by atoms with E-state index in [9.17, 15) is 4.79 Å². The first kappa shape index (κ1) is 18.5. The maximum Gasteiger partial charge on any atom is 0.250 e. The number of halogens is 2. The summed E-state index contributed by atoms with van der Waals surface area (Å²) < 4.78 is 3.36. The third-order valence-corrected chi connectivity index (χ3v) is 4.69. The molecule has 0 aliphatic carbocycles. The molecule has 0 radical (unpaired) electrons. The first-order chi connectivity index (χ1) is 12.3. The van der Waals surface area contributed by atoms with Crippen LogP contribution in [-0.4, -0.2) is 25.5 Å². The van der Waals surface area contributed by atoms with E-state index in [1.165, 1.54) is 0 Å². The Morgan fingerprint density at radius 2 is 2.00 bits per heavy atom. The lowest BCUT2D eigenvalue weighted by molar-refractivity contribution is -0.119. The van der Waals surface area contributed by atoms with E-state index in [4.69, 9.17) is 23.2 Å². The van der Waals surface area contributed by atoms with E-state index in [-0.39, 0.29) is 5.91 Å². The number of aromatic nitrogens is 4. The Morgan fingerprint density at radius 1 is 1.23 bits per heavy atom. The van der Waals surface area contributed by atoms with Crippen LogP contribution < -0.4 is 5.32 Å². The summed E-state index contributed by atoms with van der Waals surface area (Å²) >= 11 is 12.0. The second kappa shape index (κ2) is 7.51. The Labute approximate surface area is 161 Å². The molecule has 3 rings (SSSR count). The van der Waals surface area contributed by atoms with Crippen molar-refractivity contribution in [2.45, 2.75) is 33.4 Å². The van der Waals surface area contributed by atoms with Crippen LogP contribution in [0, 0.1) is 13.8 Å². The Balaban J connectivity index is 1.71. The van der Waals surface area contributed by atoms with E-state index in [1.807, 2.05) is 41.9 Å². The van der Waals surface area contributed by atoms with Crippen LogP contribution >= 0.6 is 23.2 Å². The second-order valence-corrected chi connectivity index (χ2v) is 7.01. The minimum Gasteiger partial charge on any atom is -0.307 e. The van der Waals surface area contributed by atoms with Crippen LogP contribution in [0.3, 0.4) is 0 Å². The van der Waals surface area contributed by atoms with Gasteiger partial charge in [0.1, 0.15) is 6.04 Å². The molecule has 0 bridgehead atoms. The largest absolute Gasteiger partial charge is 0.307 e. The molecule has 26 heavy (non-hydrogen) atoms. The topological polar surface area (TPSA) is 64.7 Å². The first-order valence-corrected chi connectivity index (χ1v) is 8.90. The Bertz CT molecular complexity index is 927. The minimum absolute atomic E-state index is 0.212. The van der Waals surface area contributed by atoms with Gasteiger partial charge in [0.05, 0.1) is 17.3 Å². The van der Waals surface area contributed by atoms with Crippen molar-refractivity contribution in [3.63, 3.8) is 0 Å². The third kappa shape index (κ3) is 4.08. The molecular weight excluding hydrogens is 373 g/mol. The van der Waals surface area contributed by atoms with Gasteiger partial charge in [-0.2, -0.15) is 10.2 Å². The molecule has 1 amide bonds. The molecule has 0 saturated heterocycles. The molecule has 136 valence electrons. The third-order valence-electron chi connectivity index (χ3n) is 4.09. The molecular formula is C18H19Cl2N5O. The lowest BCUT2D eigenvalue weighted by atomic mass is 10.2. The number of anilines is 1. The standard InChI is InChI=1S/C18H19Cl2N5O/c1-11-7-17(23-24(11)9-14-5-4-6-15(19)8-14)21-18(26)13(3)25-10-16(20)12(2)22-25/h4-8,10,13H,9H2,1-3H3,(H,21,23,26). The van der Waals surface area contributed by atoms with Crippen molar-refractivity contribution < 1.29 is 4.79 Å². The number of carbonyl (C=O) groups is 1. The number of amides is 1. The van der Waals surface area contributed by atoms with E-state index >= 15 is 0 Å². The normalized spacial score (nSPS) is 12.2. The zero-order chi connectivity index (χ0) is 18.8. The fraction of sp³-hybridized carbons (Fsp3) is 0.278. The van der Waals surface area contributed by atoms with E-state index in [0.29, 0.717) is 28.1 Å². The van der Waals surface area contributed by atoms with Gasteiger partial charge in [-0.25, -0.2) is 0 Å². The molecule has 6 nitrogen and oxygen atoms in total. The smallest absolute Gasteiger partial charge is 0.250 e. The van der Waals surface area contributed by atoms with Crippen LogP contribution in [0.5, 0.6) is 0 Å². The van der Waals surface area contributed by atoms with Crippen molar-refractivity contribution in [1.29, 1.82) is 0 Å². The van der Waals surface area contributed by atoms with Crippen LogP contribution in [-0.2, 0) is 11.3 Å². The van der Waals surface area contributed by atoms with Gasteiger partial charge in [-0.15, -0.1) is 0 Å². The molecule has 2 heterocycles. The maximum absolute atomic E-state index is 12.5. The summed E-state index contributed by atoms with van der Waals surface area (Å²) in [4.78, 5) is 12.5. The average molecular weight is 392 g/mol. The molecule has 8 heteroatoms. The highest BCUT2D eigenvalue weighted by Crippen LogP contribution is 2.18. The molecule has 2 aromatic heterocycles. The van der Waals surface area contributed by atoms with Crippen LogP contribution in [0.15, 0.2) is 36.5 Å². The van der Waals surface area contributed by atoms with Crippen LogP contribution in [0.2, 0.25) is 10.0 Å². The van der Waals surface area contributed by atoms with Gasteiger partial charge in [0.2, 0.25) is 5.91 Å². The summed E-state index contributed by atoms with van der Waals surface area (Å²) in [6.45, 7) is 6.07. The number of carbonyl (C=O) groups excluding carboxylic acids is 1. The van der Waals surface area contributed by atoms with Crippen molar-refractivity contribution >= 4 is 34.9 Å². The number of benzene rings is 1. The molecule has 0 saturated carbocycles. The van der Waals surface area contributed by atoms with Crippen molar-refractivity contribution in [2.75, 3.05) is 5.32 Å². The zero-order valence-electron chi connectivity index (χ0n) is 14.7. The molecule has 0 aliphatic heterocycles. The highest BCUT2D eigenvalue weighted by Gasteiger charge is 2.18. The van der Waals surface area contributed by atoms with Gasteiger partial charge in [0, 0.05) is 23.0 Å². The van der Waals surface area contributed by atoms with Crippen molar-refractivity contribution in [3.8, 4) is 0 Å². The monoisotopic (exact) mass is 391 g/mol. The van der Waals surface area contributed by atoms with Gasteiger partial charge in [0.25, 0.3) is 0 Å². The van der Waals surface area contributed by atoms with Crippen molar-refractivity contribution in [2.24, 2.45) is 0 Å². The van der Waals surface area contributed by atoms with Gasteiger partial charge in [-0.05, 0) is 38.5 Å².